The van der Waals surface area contributed by atoms with Crippen LogP contribution in [0.5, 0.6) is 0 Å². The van der Waals surface area contributed by atoms with E-state index in [1.807, 2.05) is 0 Å². The minimum absolute atomic E-state index is 0.116. The molecule has 2 amide bonds. The summed E-state index contributed by atoms with van der Waals surface area (Å²) in [5.41, 5.74) is 1.00. The summed E-state index contributed by atoms with van der Waals surface area (Å²) in [6.45, 7) is -0.116. The second kappa shape index (κ2) is 8.86. The number of hydrogen-bond acceptors (Lipinski definition) is 4. The highest BCUT2D eigenvalue weighted by Gasteiger charge is 2.29. The van der Waals surface area contributed by atoms with Gasteiger partial charge in [0.2, 0.25) is 0 Å². The monoisotopic (exact) mass is 415 g/mol. The number of nitrogens with one attached hydrogen (secondary N) is 2. The highest BCUT2D eigenvalue weighted by molar-refractivity contribution is 7.91. The molecule has 0 aliphatic rings. The van der Waals surface area contributed by atoms with E-state index in [4.69, 9.17) is 11.6 Å². The zero-order chi connectivity index (χ0) is 20.0. The number of halogens is 1. The zero-order valence-corrected chi connectivity index (χ0v) is 16.3. The lowest BCUT2D eigenvalue weighted by Crippen LogP contribution is -2.35. The van der Waals surface area contributed by atoms with Gasteiger partial charge in [0.1, 0.15) is 5.25 Å². The number of benzene rings is 2. The molecule has 0 unspecified atom stereocenters. The van der Waals surface area contributed by atoms with Gasteiger partial charge in [0, 0.05) is 29.6 Å². The number of carbonyl (C=O) groups excluding carboxylic acids is 1. The molecule has 0 aliphatic heterocycles. The third kappa shape index (κ3) is 4.88. The summed E-state index contributed by atoms with van der Waals surface area (Å²) in [5, 5.41) is 4.77. The van der Waals surface area contributed by atoms with E-state index < -0.39 is 21.1 Å². The van der Waals surface area contributed by atoms with Gasteiger partial charge in [-0.1, -0.05) is 41.9 Å². The van der Waals surface area contributed by atoms with E-state index in [1.54, 1.807) is 60.8 Å². The van der Waals surface area contributed by atoms with E-state index in [0.29, 0.717) is 16.3 Å². The topological polar surface area (TPSA) is 88.2 Å². The van der Waals surface area contributed by atoms with E-state index in [-0.39, 0.29) is 11.4 Å². The molecule has 0 spiro atoms. The number of amides is 2. The molecule has 2 N–H and O–H groups in total. The summed E-state index contributed by atoms with van der Waals surface area (Å²) >= 11 is 5.91. The summed E-state index contributed by atoms with van der Waals surface area (Å²) in [6, 6.07) is 17.6. The quantitative estimate of drug-likeness (QED) is 0.635. The van der Waals surface area contributed by atoms with Crippen molar-refractivity contribution in [3.05, 3.63) is 89.7 Å². The number of urea groups is 1. The Morgan fingerprint density at radius 2 is 1.82 bits per heavy atom. The molecule has 6 nitrogen and oxygen atoms in total. The molecule has 1 aromatic heterocycles. The van der Waals surface area contributed by atoms with Crippen molar-refractivity contribution < 1.29 is 13.2 Å². The van der Waals surface area contributed by atoms with Crippen LogP contribution in [0.3, 0.4) is 0 Å². The van der Waals surface area contributed by atoms with Gasteiger partial charge in [0.15, 0.2) is 9.84 Å². The molecule has 0 bridgehead atoms. The van der Waals surface area contributed by atoms with E-state index in [2.05, 4.69) is 15.6 Å². The van der Waals surface area contributed by atoms with E-state index in [0.717, 1.165) is 0 Å². The maximum atomic E-state index is 13.1. The van der Waals surface area contributed by atoms with Crippen LogP contribution >= 0.6 is 11.6 Å². The molecule has 0 saturated carbocycles. The number of hydrogen-bond donors (Lipinski definition) is 2. The molecule has 1 atom stereocenters. The third-order valence-electron chi connectivity index (χ3n) is 4.03. The maximum Gasteiger partial charge on any atom is 0.319 e. The smallest absolute Gasteiger partial charge is 0.319 e. The predicted octanol–water partition coefficient (Wildman–Crippen LogP) is 4.07. The Bertz CT molecular complexity index is 1040. The predicted molar refractivity (Wildman–Crippen MR) is 109 cm³/mol. The molecular weight excluding hydrogens is 398 g/mol. The van der Waals surface area contributed by atoms with Crippen molar-refractivity contribution >= 4 is 33.2 Å². The Balaban J connectivity index is 1.80. The van der Waals surface area contributed by atoms with E-state index in [1.165, 1.54) is 18.3 Å². The van der Waals surface area contributed by atoms with Crippen molar-refractivity contribution in [1.29, 1.82) is 0 Å². The first-order valence-corrected chi connectivity index (χ1v) is 10.4. The van der Waals surface area contributed by atoms with Crippen LogP contribution < -0.4 is 10.6 Å². The number of carbonyl (C=O) groups is 1. The number of rotatable bonds is 6. The van der Waals surface area contributed by atoms with Gasteiger partial charge in [0.05, 0.1) is 4.90 Å². The first-order chi connectivity index (χ1) is 13.5. The fourth-order valence-electron chi connectivity index (χ4n) is 2.67. The van der Waals surface area contributed by atoms with Crippen molar-refractivity contribution in [3.63, 3.8) is 0 Å². The molecule has 2 aromatic carbocycles. The molecule has 0 saturated heterocycles. The molecule has 0 radical (unpaired) electrons. The standard InChI is InChI=1S/C20H18ClN3O3S/c21-16-7-4-8-17(12-16)24-20(25)23-14-19(15-6-5-11-22-13-15)28(26,27)18-9-2-1-3-10-18/h1-13,19H,14H2,(H2,23,24,25)/t19-/m1/s1. The number of nitrogens with zero attached hydrogens (tertiary/aromatic N) is 1. The van der Waals surface area contributed by atoms with E-state index in [9.17, 15) is 13.2 Å². The van der Waals surface area contributed by atoms with Crippen LogP contribution in [-0.2, 0) is 9.84 Å². The highest BCUT2D eigenvalue weighted by atomic mass is 35.5. The molecule has 1 heterocycles. The summed E-state index contributed by atoms with van der Waals surface area (Å²) in [7, 11) is -3.73. The third-order valence-corrected chi connectivity index (χ3v) is 6.39. The number of pyridine rings is 1. The fourth-order valence-corrected chi connectivity index (χ4v) is 4.53. The minimum atomic E-state index is -3.73. The van der Waals surface area contributed by atoms with Crippen LogP contribution in [0.1, 0.15) is 10.8 Å². The fraction of sp³-hybridized carbons (Fsp3) is 0.100. The van der Waals surface area contributed by atoms with Gasteiger partial charge in [-0.05, 0) is 42.0 Å². The van der Waals surface area contributed by atoms with Crippen molar-refractivity contribution in [2.24, 2.45) is 0 Å². The largest absolute Gasteiger partial charge is 0.336 e. The van der Waals surface area contributed by atoms with Crippen LogP contribution in [0.4, 0.5) is 10.5 Å². The van der Waals surface area contributed by atoms with Crippen molar-refractivity contribution in [2.45, 2.75) is 10.1 Å². The van der Waals surface area contributed by atoms with Gasteiger partial charge < -0.3 is 10.6 Å². The minimum Gasteiger partial charge on any atom is -0.336 e. The molecule has 8 heteroatoms. The summed E-state index contributed by atoms with van der Waals surface area (Å²) < 4.78 is 26.3. The van der Waals surface area contributed by atoms with Gasteiger partial charge in [-0.25, -0.2) is 13.2 Å². The Labute approximate surface area is 168 Å². The number of sulfone groups is 1. The Kier molecular flexibility index (Phi) is 6.28. The summed E-state index contributed by atoms with van der Waals surface area (Å²) in [5.74, 6) is 0. The van der Waals surface area contributed by atoms with Gasteiger partial charge >= 0.3 is 6.03 Å². The number of anilines is 1. The highest BCUT2D eigenvalue weighted by Crippen LogP contribution is 2.28. The normalized spacial score (nSPS) is 12.2. The van der Waals surface area contributed by atoms with Gasteiger partial charge in [-0.2, -0.15) is 0 Å². The average Bonchev–Trinajstić information content (AvgIpc) is 2.69. The van der Waals surface area contributed by atoms with Crippen LogP contribution in [0.25, 0.3) is 0 Å². The molecule has 3 aromatic rings. The van der Waals surface area contributed by atoms with Crippen LogP contribution in [-0.4, -0.2) is 26.0 Å². The lowest BCUT2D eigenvalue weighted by Gasteiger charge is -2.19. The molecule has 0 fully saturated rings. The van der Waals surface area contributed by atoms with Crippen LogP contribution in [0.2, 0.25) is 5.02 Å². The molecule has 144 valence electrons. The van der Waals surface area contributed by atoms with Crippen LogP contribution in [0.15, 0.2) is 84.0 Å². The Morgan fingerprint density at radius 3 is 2.50 bits per heavy atom. The lowest BCUT2D eigenvalue weighted by molar-refractivity contribution is 0.252. The summed E-state index contributed by atoms with van der Waals surface area (Å²) in [6.07, 6.45) is 3.05. The molecule has 28 heavy (non-hydrogen) atoms. The average molecular weight is 416 g/mol. The summed E-state index contributed by atoms with van der Waals surface area (Å²) in [4.78, 5) is 16.4. The molecule has 0 aliphatic carbocycles. The first kappa shape index (κ1) is 19.9. The molecule has 3 rings (SSSR count). The Hall–Kier alpha value is -2.90. The van der Waals surface area contributed by atoms with Gasteiger partial charge in [-0.3, -0.25) is 4.98 Å². The van der Waals surface area contributed by atoms with Crippen molar-refractivity contribution in [2.75, 3.05) is 11.9 Å². The van der Waals surface area contributed by atoms with Crippen LogP contribution in [0, 0.1) is 0 Å². The number of aromatic nitrogens is 1. The van der Waals surface area contributed by atoms with E-state index >= 15 is 0 Å². The SMILES string of the molecule is O=C(NC[C@H](c1cccnc1)S(=O)(=O)c1ccccc1)Nc1cccc(Cl)c1. The van der Waals surface area contributed by atoms with Gasteiger partial charge in [-0.15, -0.1) is 0 Å². The van der Waals surface area contributed by atoms with Gasteiger partial charge in [0.25, 0.3) is 0 Å². The molecular formula is C20H18ClN3O3S. The van der Waals surface area contributed by atoms with Crippen molar-refractivity contribution in [3.8, 4) is 0 Å². The Morgan fingerprint density at radius 1 is 1.04 bits per heavy atom. The lowest BCUT2D eigenvalue weighted by atomic mass is 10.2. The second-order valence-electron chi connectivity index (χ2n) is 5.98. The first-order valence-electron chi connectivity index (χ1n) is 8.46. The van der Waals surface area contributed by atoms with Crippen molar-refractivity contribution in [1.82, 2.24) is 10.3 Å². The second-order valence-corrected chi connectivity index (χ2v) is 8.55. The zero-order valence-electron chi connectivity index (χ0n) is 14.7. The maximum absolute atomic E-state index is 13.1.